The Morgan fingerprint density at radius 3 is 2.25 bits per heavy atom. The lowest BCUT2D eigenvalue weighted by Gasteiger charge is -2.34. The molecule has 0 radical (unpaired) electrons. The van der Waals surface area contributed by atoms with Crippen LogP contribution in [0.4, 0.5) is 0 Å². The Labute approximate surface area is 141 Å². The summed E-state index contributed by atoms with van der Waals surface area (Å²) in [5, 5.41) is 0. The third kappa shape index (κ3) is 5.66. The number of hydrogen-bond donors (Lipinski definition) is 1. The molecule has 1 aromatic carbocycles. The summed E-state index contributed by atoms with van der Waals surface area (Å²) < 4.78 is 0. The maximum atomic E-state index is 12.1. The van der Waals surface area contributed by atoms with E-state index >= 15 is 0 Å². The van der Waals surface area contributed by atoms with E-state index in [1.54, 1.807) is 9.80 Å². The first-order chi connectivity index (χ1) is 11.6. The fourth-order valence-corrected chi connectivity index (χ4v) is 2.47. The molecule has 2 rings (SSSR count). The van der Waals surface area contributed by atoms with Crippen molar-refractivity contribution in [2.24, 2.45) is 0 Å². The highest BCUT2D eigenvalue weighted by atomic mass is 16.6. The summed E-state index contributed by atoms with van der Waals surface area (Å²) in [5.41, 5.74) is 3.30. The standard InChI is InChI=1S/C17H23N3O4/c1-14(21)19-9-11-20(12-10-19)17(23)8-7-16(22)18-24-13-15-5-3-2-4-6-15/h2-6H,7-13H2,1H3,(H,18,22). The minimum absolute atomic E-state index is 0.0250. The molecule has 1 fully saturated rings. The van der Waals surface area contributed by atoms with E-state index in [4.69, 9.17) is 4.84 Å². The van der Waals surface area contributed by atoms with Crippen molar-refractivity contribution in [3.05, 3.63) is 35.9 Å². The molecule has 0 aromatic heterocycles. The van der Waals surface area contributed by atoms with E-state index in [1.165, 1.54) is 6.92 Å². The van der Waals surface area contributed by atoms with Gasteiger partial charge < -0.3 is 9.80 Å². The summed E-state index contributed by atoms with van der Waals surface area (Å²) in [6.45, 7) is 3.95. The van der Waals surface area contributed by atoms with Crippen LogP contribution in [0.5, 0.6) is 0 Å². The van der Waals surface area contributed by atoms with Gasteiger partial charge in [-0.1, -0.05) is 30.3 Å². The highest BCUT2D eigenvalue weighted by Crippen LogP contribution is 2.06. The van der Waals surface area contributed by atoms with Gasteiger partial charge in [-0.2, -0.15) is 0 Å². The largest absolute Gasteiger partial charge is 0.339 e. The van der Waals surface area contributed by atoms with Gasteiger partial charge in [0.2, 0.25) is 17.7 Å². The number of hydroxylamine groups is 1. The molecule has 1 saturated heterocycles. The Bertz CT molecular complexity index is 568. The van der Waals surface area contributed by atoms with Crippen molar-refractivity contribution in [3.63, 3.8) is 0 Å². The van der Waals surface area contributed by atoms with Gasteiger partial charge in [0.15, 0.2) is 0 Å². The summed E-state index contributed by atoms with van der Waals surface area (Å²) in [6.07, 6.45) is 0.223. The third-order valence-corrected chi connectivity index (χ3v) is 3.91. The molecule has 0 unspecified atom stereocenters. The first-order valence-corrected chi connectivity index (χ1v) is 8.04. The van der Waals surface area contributed by atoms with Crippen LogP contribution in [0.25, 0.3) is 0 Å². The van der Waals surface area contributed by atoms with Crippen LogP contribution in [0, 0.1) is 0 Å². The van der Waals surface area contributed by atoms with Gasteiger partial charge in [0.25, 0.3) is 0 Å². The second kappa shape index (κ2) is 9.02. The lowest BCUT2D eigenvalue weighted by atomic mass is 10.2. The van der Waals surface area contributed by atoms with E-state index in [0.717, 1.165) is 5.56 Å². The minimum Gasteiger partial charge on any atom is -0.339 e. The number of hydrogen-bond acceptors (Lipinski definition) is 4. The second-order valence-corrected chi connectivity index (χ2v) is 5.69. The maximum absolute atomic E-state index is 12.1. The maximum Gasteiger partial charge on any atom is 0.244 e. The lowest BCUT2D eigenvalue weighted by Crippen LogP contribution is -2.50. The molecule has 0 bridgehead atoms. The molecule has 1 aliphatic heterocycles. The fraction of sp³-hybridized carbons (Fsp3) is 0.471. The Hall–Kier alpha value is -2.41. The van der Waals surface area contributed by atoms with Gasteiger partial charge in [-0.3, -0.25) is 19.2 Å². The van der Waals surface area contributed by atoms with Crippen LogP contribution in [0.3, 0.4) is 0 Å². The fourth-order valence-electron chi connectivity index (χ4n) is 2.47. The van der Waals surface area contributed by atoms with E-state index in [2.05, 4.69) is 5.48 Å². The molecule has 1 heterocycles. The molecular weight excluding hydrogens is 310 g/mol. The zero-order valence-corrected chi connectivity index (χ0v) is 13.9. The molecule has 0 aliphatic carbocycles. The molecule has 0 spiro atoms. The van der Waals surface area contributed by atoms with Gasteiger partial charge >= 0.3 is 0 Å². The van der Waals surface area contributed by atoms with Crippen LogP contribution in [0.1, 0.15) is 25.3 Å². The Kier molecular flexibility index (Phi) is 6.74. The molecule has 7 heteroatoms. The number of piperazine rings is 1. The Morgan fingerprint density at radius 1 is 1.00 bits per heavy atom. The highest BCUT2D eigenvalue weighted by molar-refractivity contribution is 5.83. The molecule has 7 nitrogen and oxygen atoms in total. The van der Waals surface area contributed by atoms with Crippen molar-refractivity contribution in [3.8, 4) is 0 Å². The number of nitrogens with zero attached hydrogens (tertiary/aromatic N) is 2. The van der Waals surface area contributed by atoms with Crippen molar-refractivity contribution in [2.75, 3.05) is 26.2 Å². The van der Waals surface area contributed by atoms with Crippen molar-refractivity contribution >= 4 is 17.7 Å². The van der Waals surface area contributed by atoms with E-state index in [1.807, 2.05) is 30.3 Å². The molecule has 1 N–H and O–H groups in total. The van der Waals surface area contributed by atoms with Crippen LogP contribution in [-0.2, 0) is 25.8 Å². The van der Waals surface area contributed by atoms with Crippen molar-refractivity contribution in [2.45, 2.75) is 26.4 Å². The Morgan fingerprint density at radius 2 is 1.62 bits per heavy atom. The number of amides is 3. The predicted octanol–water partition coefficient (Wildman–Crippen LogP) is 0.705. The van der Waals surface area contributed by atoms with Crippen LogP contribution < -0.4 is 5.48 Å². The van der Waals surface area contributed by atoms with Gasteiger partial charge in [0, 0.05) is 45.9 Å². The van der Waals surface area contributed by atoms with Gasteiger partial charge in [0.05, 0.1) is 6.61 Å². The smallest absolute Gasteiger partial charge is 0.244 e. The minimum atomic E-state index is -0.318. The number of nitrogens with one attached hydrogen (secondary N) is 1. The average molecular weight is 333 g/mol. The number of benzene rings is 1. The lowest BCUT2D eigenvalue weighted by molar-refractivity contribution is -0.141. The molecule has 0 saturated carbocycles. The van der Waals surface area contributed by atoms with Crippen LogP contribution in [-0.4, -0.2) is 53.7 Å². The first-order valence-electron chi connectivity index (χ1n) is 8.04. The predicted molar refractivity (Wildman–Crippen MR) is 87.4 cm³/mol. The monoisotopic (exact) mass is 333 g/mol. The van der Waals surface area contributed by atoms with Crippen LogP contribution in [0.2, 0.25) is 0 Å². The molecule has 0 atom stereocenters. The van der Waals surface area contributed by atoms with Crippen molar-refractivity contribution in [1.82, 2.24) is 15.3 Å². The Balaban J connectivity index is 1.61. The van der Waals surface area contributed by atoms with Gasteiger partial charge in [-0.05, 0) is 5.56 Å². The number of rotatable bonds is 6. The van der Waals surface area contributed by atoms with E-state index < -0.39 is 0 Å². The van der Waals surface area contributed by atoms with Gasteiger partial charge in [-0.15, -0.1) is 0 Å². The van der Waals surface area contributed by atoms with Crippen LogP contribution >= 0.6 is 0 Å². The van der Waals surface area contributed by atoms with E-state index in [-0.39, 0.29) is 37.2 Å². The quantitative estimate of drug-likeness (QED) is 0.778. The van der Waals surface area contributed by atoms with Crippen LogP contribution in [0.15, 0.2) is 30.3 Å². The molecular formula is C17H23N3O4. The molecule has 24 heavy (non-hydrogen) atoms. The van der Waals surface area contributed by atoms with Gasteiger partial charge in [0.1, 0.15) is 0 Å². The first kappa shape index (κ1) is 17.9. The third-order valence-electron chi connectivity index (χ3n) is 3.91. The molecule has 1 aromatic rings. The average Bonchev–Trinajstić information content (AvgIpc) is 2.60. The summed E-state index contributed by atoms with van der Waals surface area (Å²) >= 11 is 0. The van der Waals surface area contributed by atoms with Crippen molar-refractivity contribution < 1.29 is 19.2 Å². The molecule has 130 valence electrons. The molecule has 1 aliphatic rings. The summed E-state index contributed by atoms with van der Waals surface area (Å²) in [5.74, 6) is -0.366. The number of carbonyl (C=O) groups excluding carboxylic acids is 3. The topological polar surface area (TPSA) is 79.0 Å². The zero-order valence-electron chi connectivity index (χ0n) is 13.9. The highest BCUT2D eigenvalue weighted by Gasteiger charge is 2.22. The van der Waals surface area contributed by atoms with Crippen molar-refractivity contribution in [1.29, 1.82) is 0 Å². The van der Waals surface area contributed by atoms with E-state index in [0.29, 0.717) is 26.2 Å². The summed E-state index contributed by atoms with van der Waals surface area (Å²) in [4.78, 5) is 43.6. The van der Waals surface area contributed by atoms with Gasteiger partial charge in [-0.25, -0.2) is 5.48 Å². The normalized spacial score (nSPS) is 14.4. The summed E-state index contributed by atoms with van der Waals surface area (Å²) in [6, 6.07) is 9.49. The second-order valence-electron chi connectivity index (χ2n) is 5.69. The zero-order chi connectivity index (χ0) is 17.4. The number of carbonyl (C=O) groups is 3. The molecule has 3 amide bonds. The summed E-state index contributed by atoms with van der Waals surface area (Å²) in [7, 11) is 0. The van der Waals surface area contributed by atoms with E-state index in [9.17, 15) is 14.4 Å². The SMILES string of the molecule is CC(=O)N1CCN(C(=O)CCC(=O)NOCc2ccccc2)CC1.